The average Bonchev–Trinajstić information content (AvgIpc) is 2.97. The van der Waals surface area contributed by atoms with Gasteiger partial charge < -0.3 is 20.5 Å². The quantitative estimate of drug-likeness (QED) is 0.692. The lowest BCUT2D eigenvalue weighted by Crippen LogP contribution is -2.27. The standard InChI is InChI=1S/C14H23N3O3S.ClH/c15-5-2-13-17-12(10-21-13)14(18)16-6-1-7-20-11-3-8-19-9-4-11;/h10-11H,1-9,15H2,(H,16,18);1H. The zero-order chi connectivity index (χ0) is 14.9. The van der Waals surface area contributed by atoms with E-state index in [2.05, 4.69) is 10.3 Å². The van der Waals surface area contributed by atoms with Crippen LogP contribution in [0.2, 0.25) is 0 Å². The summed E-state index contributed by atoms with van der Waals surface area (Å²) in [7, 11) is 0. The molecule has 0 aromatic carbocycles. The summed E-state index contributed by atoms with van der Waals surface area (Å²) in [6, 6.07) is 0. The molecule has 2 heterocycles. The number of carbonyl (C=O) groups is 1. The van der Waals surface area contributed by atoms with Crippen molar-refractivity contribution < 1.29 is 14.3 Å². The van der Waals surface area contributed by atoms with Gasteiger partial charge in [0.15, 0.2) is 0 Å². The van der Waals surface area contributed by atoms with Crippen molar-refractivity contribution in [2.45, 2.75) is 31.8 Å². The molecule has 0 aliphatic carbocycles. The SMILES string of the molecule is Cl.NCCc1nc(C(=O)NCCCOC2CCOCC2)cs1. The largest absolute Gasteiger partial charge is 0.381 e. The highest BCUT2D eigenvalue weighted by molar-refractivity contribution is 7.09. The molecule has 22 heavy (non-hydrogen) atoms. The number of halogens is 1. The molecule has 0 unspecified atom stereocenters. The number of nitrogens with zero attached hydrogens (tertiary/aromatic N) is 1. The summed E-state index contributed by atoms with van der Waals surface area (Å²) in [6.45, 7) is 3.40. The molecule has 0 bridgehead atoms. The Labute approximate surface area is 141 Å². The summed E-state index contributed by atoms with van der Waals surface area (Å²) in [6.07, 6.45) is 3.77. The first-order chi connectivity index (χ1) is 10.3. The van der Waals surface area contributed by atoms with E-state index in [1.54, 1.807) is 5.38 Å². The van der Waals surface area contributed by atoms with Crippen LogP contribution in [-0.4, -0.2) is 49.9 Å². The van der Waals surface area contributed by atoms with Crippen LogP contribution in [-0.2, 0) is 15.9 Å². The van der Waals surface area contributed by atoms with Gasteiger partial charge in [0.1, 0.15) is 5.69 Å². The average molecular weight is 350 g/mol. The van der Waals surface area contributed by atoms with Gasteiger partial charge in [0.2, 0.25) is 0 Å². The number of nitrogens with two attached hydrogens (primary N) is 1. The van der Waals surface area contributed by atoms with Crippen molar-refractivity contribution in [2.75, 3.05) is 32.9 Å². The maximum absolute atomic E-state index is 11.9. The second-order valence-corrected chi connectivity index (χ2v) is 5.90. The fourth-order valence-corrected chi connectivity index (χ4v) is 2.90. The van der Waals surface area contributed by atoms with E-state index in [1.807, 2.05) is 0 Å². The summed E-state index contributed by atoms with van der Waals surface area (Å²) in [5.74, 6) is -0.124. The van der Waals surface area contributed by atoms with Crippen molar-refractivity contribution in [1.29, 1.82) is 0 Å². The van der Waals surface area contributed by atoms with E-state index in [0.717, 1.165) is 43.9 Å². The minimum atomic E-state index is -0.124. The van der Waals surface area contributed by atoms with Crippen molar-refractivity contribution in [3.8, 4) is 0 Å². The lowest BCUT2D eigenvalue weighted by atomic mass is 10.1. The Kier molecular flexibility index (Phi) is 9.58. The van der Waals surface area contributed by atoms with Crippen LogP contribution in [0.25, 0.3) is 0 Å². The number of hydrogen-bond acceptors (Lipinski definition) is 6. The van der Waals surface area contributed by atoms with Crippen LogP contribution >= 0.6 is 23.7 Å². The molecule has 1 saturated heterocycles. The van der Waals surface area contributed by atoms with Gasteiger partial charge in [0, 0.05) is 38.2 Å². The fourth-order valence-electron chi connectivity index (χ4n) is 2.11. The third-order valence-corrected chi connectivity index (χ3v) is 4.18. The Morgan fingerprint density at radius 1 is 1.50 bits per heavy atom. The van der Waals surface area contributed by atoms with Crippen LogP contribution < -0.4 is 11.1 Å². The van der Waals surface area contributed by atoms with Crippen LogP contribution in [0.4, 0.5) is 0 Å². The molecule has 0 atom stereocenters. The maximum atomic E-state index is 11.9. The third-order valence-electron chi connectivity index (χ3n) is 3.27. The number of carbonyl (C=O) groups excluding carboxylic acids is 1. The maximum Gasteiger partial charge on any atom is 0.270 e. The summed E-state index contributed by atoms with van der Waals surface area (Å²) in [4.78, 5) is 16.1. The smallest absolute Gasteiger partial charge is 0.270 e. The lowest BCUT2D eigenvalue weighted by molar-refractivity contribution is -0.0321. The highest BCUT2D eigenvalue weighted by Gasteiger charge is 2.14. The van der Waals surface area contributed by atoms with Crippen LogP contribution in [0, 0.1) is 0 Å². The summed E-state index contributed by atoms with van der Waals surface area (Å²) in [5.41, 5.74) is 5.95. The molecular formula is C14H24ClN3O3S. The molecule has 1 fully saturated rings. The molecule has 1 aromatic heterocycles. The molecule has 0 radical (unpaired) electrons. The predicted octanol–water partition coefficient (Wildman–Crippen LogP) is 1.38. The normalized spacial score (nSPS) is 15.3. The topological polar surface area (TPSA) is 86.5 Å². The summed E-state index contributed by atoms with van der Waals surface area (Å²) < 4.78 is 11.0. The zero-order valence-corrected chi connectivity index (χ0v) is 14.2. The van der Waals surface area contributed by atoms with Gasteiger partial charge >= 0.3 is 0 Å². The van der Waals surface area contributed by atoms with Gasteiger partial charge in [-0.1, -0.05) is 0 Å². The highest BCUT2D eigenvalue weighted by Crippen LogP contribution is 2.11. The molecule has 2 rings (SSSR count). The fraction of sp³-hybridized carbons (Fsp3) is 0.714. The predicted molar refractivity (Wildman–Crippen MR) is 88.9 cm³/mol. The van der Waals surface area contributed by atoms with Gasteiger partial charge in [-0.25, -0.2) is 4.98 Å². The Morgan fingerprint density at radius 2 is 2.27 bits per heavy atom. The van der Waals surface area contributed by atoms with Gasteiger partial charge in [-0.3, -0.25) is 4.79 Å². The first-order valence-corrected chi connectivity index (χ1v) is 8.29. The summed E-state index contributed by atoms with van der Waals surface area (Å²) >= 11 is 1.48. The lowest BCUT2D eigenvalue weighted by Gasteiger charge is -2.22. The Balaban J connectivity index is 0.00000242. The van der Waals surface area contributed by atoms with Crippen molar-refractivity contribution in [3.05, 3.63) is 16.1 Å². The number of thiazole rings is 1. The van der Waals surface area contributed by atoms with Crippen molar-refractivity contribution in [1.82, 2.24) is 10.3 Å². The molecule has 1 aliphatic rings. The minimum Gasteiger partial charge on any atom is -0.381 e. The van der Waals surface area contributed by atoms with Gasteiger partial charge in [-0.2, -0.15) is 0 Å². The molecule has 3 N–H and O–H groups in total. The Hall–Kier alpha value is -0.730. The highest BCUT2D eigenvalue weighted by atomic mass is 35.5. The third kappa shape index (κ3) is 6.58. The monoisotopic (exact) mass is 349 g/mol. The number of aromatic nitrogens is 1. The molecule has 1 aromatic rings. The molecule has 1 amide bonds. The first kappa shape index (κ1) is 19.3. The second-order valence-electron chi connectivity index (χ2n) is 4.96. The van der Waals surface area contributed by atoms with Gasteiger partial charge in [0.25, 0.3) is 5.91 Å². The van der Waals surface area contributed by atoms with E-state index >= 15 is 0 Å². The number of ether oxygens (including phenoxy) is 2. The van der Waals surface area contributed by atoms with Crippen molar-refractivity contribution in [3.63, 3.8) is 0 Å². The van der Waals surface area contributed by atoms with Crippen molar-refractivity contribution in [2.24, 2.45) is 5.73 Å². The zero-order valence-electron chi connectivity index (χ0n) is 12.6. The molecule has 126 valence electrons. The van der Waals surface area contributed by atoms with Gasteiger partial charge in [-0.05, 0) is 25.8 Å². The van der Waals surface area contributed by atoms with E-state index in [-0.39, 0.29) is 18.3 Å². The molecule has 8 heteroatoms. The molecule has 0 saturated carbocycles. The van der Waals surface area contributed by atoms with Gasteiger partial charge in [-0.15, -0.1) is 23.7 Å². The Bertz CT molecular complexity index is 439. The molecule has 0 spiro atoms. The Morgan fingerprint density at radius 3 is 3.00 bits per heavy atom. The van der Waals surface area contributed by atoms with Crippen LogP contribution in [0.3, 0.4) is 0 Å². The van der Waals surface area contributed by atoms with Crippen LogP contribution in [0.5, 0.6) is 0 Å². The molecule has 1 aliphatic heterocycles. The van der Waals surface area contributed by atoms with Crippen molar-refractivity contribution >= 4 is 29.7 Å². The van der Waals surface area contributed by atoms with E-state index in [4.69, 9.17) is 15.2 Å². The van der Waals surface area contributed by atoms with E-state index < -0.39 is 0 Å². The van der Waals surface area contributed by atoms with Crippen LogP contribution in [0.15, 0.2) is 5.38 Å². The van der Waals surface area contributed by atoms with Crippen LogP contribution in [0.1, 0.15) is 34.8 Å². The first-order valence-electron chi connectivity index (χ1n) is 7.41. The van der Waals surface area contributed by atoms with Gasteiger partial charge in [0.05, 0.1) is 11.1 Å². The molecule has 6 nitrogen and oxygen atoms in total. The second kappa shape index (κ2) is 10.9. The molecular weight excluding hydrogens is 326 g/mol. The number of amides is 1. The number of rotatable bonds is 8. The summed E-state index contributed by atoms with van der Waals surface area (Å²) in [5, 5.41) is 5.55. The number of nitrogens with one attached hydrogen (secondary N) is 1. The van der Waals surface area contributed by atoms with E-state index in [9.17, 15) is 4.79 Å². The van der Waals surface area contributed by atoms with E-state index in [0.29, 0.717) is 31.5 Å². The minimum absolute atomic E-state index is 0. The number of hydrogen-bond donors (Lipinski definition) is 2. The van der Waals surface area contributed by atoms with E-state index in [1.165, 1.54) is 11.3 Å².